The molecule has 0 spiro atoms. The standard InChI is InChI=1S/C17H29NO8/c1-3-5-6-9(4-2)16(23)18-13-10(20)7-12(17(24)25)26-15(13)14(22)11(21)8-19/h7,9-11,13-15,19-22H,3-6,8H2,1-2H3,(H,18,23)(H,24,25)/t9?,10-,11+,13+,14+,15+/m0/s1. The fraction of sp³-hybridized carbons (Fsp3) is 0.765. The number of aliphatic hydroxyl groups excluding tert-OH is 4. The number of nitrogens with one attached hydrogen (secondary N) is 1. The zero-order valence-electron chi connectivity index (χ0n) is 15.0. The van der Waals surface area contributed by atoms with E-state index < -0.39 is 48.8 Å². The highest BCUT2D eigenvalue weighted by Crippen LogP contribution is 2.24. The predicted octanol–water partition coefficient (Wildman–Crippen LogP) is -0.870. The maximum atomic E-state index is 12.5. The Morgan fingerprint density at radius 2 is 1.96 bits per heavy atom. The molecule has 26 heavy (non-hydrogen) atoms. The number of carbonyl (C=O) groups is 2. The summed E-state index contributed by atoms with van der Waals surface area (Å²) in [4.78, 5) is 23.6. The van der Waals surface area contributed by atoms with Crippen molar-refractivity contribution in [3.8, 4) is 0 Å². The highest BCUT2D eigenvalue weighted by molar-refractivity contribution is 5.85. The average molecular weight is 375 g/mol. The Morgan fingerprint density at radius 3 is 2.46 bits per heavy atom. The molecule has 6 N–H and O–H groups in total. The van der Waals surface area contributed by atoms with Crippen LogP contribution in [0, 0.1) is 5.92 Å². The van der Waals surface area contributed by atoms with Gasteiger partial charge < -0.3 is 35.6 Å². The van der Waals surface area contributed by atoms with Crippen molar-refractivity contribution < 1.29 is 39.9 Å². The largest absolute Gasteiger partial charge is 0.478 e. The normalized spacial score (nSPS) is 26.2. The Kier molecular flexibility index (Phi) is 9.00. The smallest absolute Gasteiger partial charge is 0.370 e. The van der Waals surface area contributed by atoms with Gasteiger partial charge in [-0.3, -0.25) is 4.79 Å². The Bertz CT molecular complexity index is 509. The average Bonchev–Trinajstić information content (AvgIpc) is 2.62. The van der Waals surface area contributed by atoms with Gasteiger partial charge in [0.1, 0.15) is 18.3 Å². The van der Waals surface area contributed by atoms with Crippen LogP contribution in [0.4, 0.5) is 0 Å². The van der Waals surface area contributed by atoms with Crippen LogP contribution in [0.15, 0.2) is 11.8 Å². The van der Waals surface area contributed by atoms with E-state index in [0.717, 1.165) is 18.9 Å². The summed E-state index contributed by atoms with van der Waals surface area (Å²) in [5, 5.41) is 50.8. The number of hydrogen-bond acceptors (Lipinski definition) is 7. The van der Waals surface area contributed by atoms with Gasteiger partial charge in [0.15, 0.2) is 6.10 Å². The van der Waals surface area contributed by atoms with Crippen molar-refractivity contribution in [2.75, 3.05) is 6.61 Å². The zero-order chi connectivity index (χ0) is 19.9. The molecule has 0 bridgehead atoms. The molecular formula is C17H29NO8. The molecule has 0 saturated carbocycles. The molecule has 1 unspecified atom stereocenters. The molecule has 1 rings (SSSR count). The third-order valence-electron chi connectivity index (χ3n) is 4.51. The molecule has 0 fully saturated rings. The molecule has 0 aromatic heterocycles. The van der Waals surface area contributed by atoms with Crippen LogP contribution in [0.25, 0.3) is 0 Å². The van der Waals surface area contributed by atoms with E-state index in [0.29, 0.717) is 12.8 Å². The second-order valence-electron chi connectivity index (χ2n) is 6.43. The summed E-state index contributed by atoms with van der Waals surface area (Å²) >= 11 is 0. The van der Waals surface area contributed by atoms with Gasteiger partial charge in [-0.1, -0.05) is 26.7 Å². The molecular weight excluding hydrogens is 346 g/mol. The molecule has 1 heterocycles. The third-order valence-corrected chi connectivity index (χ3v) is 4.51. The van der Waals surface area contributed by atoms with Crippen molar-refractivity contribution >= 4 is 11.9 Å². The first-order valence-corrected chi connectivity index (χ1v) is 8.83. The molecule has 6 atom stereocenters. The molecule has 1 aliphatic heterocycles. The Hall–Kier alpha value is -1.68. The molecule has 0 aromatic carbocycles. The number of amides is 1. The van der Waals surface area contributed by atoms with Crippen LogP contribution in [0.2, 0.25) is 0 Å². The fourth-order valence-corrected chi connectivity index (χ4v) is 2.86. The number of aliphatic hydroxyl groups is 4. The lowest BCUT2D eigenvalue weighted by Crippen LogP contribution is -2.60. The van der Waals surface area contributed by atoms with Crippen molar-refractivity contribution in [1.82, 2.24) is 5.32 Å². The highest BCUT2D eigenvalue weighted by Gasteiger charge is 2.43. The SMILES string of the molecule is CCCCC(CC)C(=O)N[C@H]1[C@H]([C@H](O)[C@H](O)CO)OC(C(=O)O)=C[C@@H]1O. The van der Waals surface area contributed by atoms with E-state index in [1.54, 1.807) is 0 Å². The lowest BCUT2D eigenvalue weighted by atomic mass is 9.92. The van der Waals surface area contributed by atoms with Crippen molar-refractivity contribution in [2.24, 2.45) is 5.92 Å². The molecule has 1 amide bonds. The van der Waals surface area contributed by atoms with E-state index in [4.69, 9.17) is 14.9 Å². The summed E-state index contributed by atoms with van der Waals surface area (Å²) in [5.41, 5.74) is 0. The first-order valence-electron chi connectivity index (χ1n) is 8.83. The number of carboxylic acids is 1. The lowest BCUT2D eigenvalue weighted by molar-refractivity contribution is -0.150. The Labute approximate surface area is 152 Å². The Balaban J connectivity index is 3.01. The van der Waals surface area contributed by atoms with E-state index in [9.17, 15) is 24.9 Å². The number of ether oxygens (including phenoxy) is 1. The predicted molar refractivity (Wildman–Crippen MR) is 90.9 cm³/mol. The lowest BCUT2D eigenvalue weighted by Gasteiger charge is -2.38. The van der Waals surface area contributed by atoms with E-state index in [2.05, 4.69) is 5.32 Å². The molecule has 0 radical (unpaired) electrons. The monoisotopic (exact) mass is 375 g/mol. The first-order chi connectivity index (χ1) is 12.3. The van der Waals surface area contributed by atoms with Gasteiger partial charge in [0.2, 0.25) is 11.7 Å². The summed E-state index contributed by atoms with van der Waals surface area (Å²) in [6.07, 6.45) is -2.26. The van der Waals surface area contributed by atoms with Crippen LogP contribution in [0.1, 0.15) is 39.5 Å². The van der Waals surface area contributed by atoms with E-state index in [1.165, 1.54) is 0 Å². The van der Waals surface area contributed by atoms with Gasteiger partial charge in [-0.05, 0) is 18.9 Å². The van der Waals surface area contributed by atoms with Gasteiger partial charge >= 0.3 is 5.97 Å². The molecule has 150 valence electrons. The van der Waals surface area contributed by atoms with Crippen LogP contribution >= 0.6 is 0 Å². The topological polar surface area (TPSA) is 157 Å². The molecule has 0 saturated heterocycles. The van der Waals surface area contributed by atoms with Crippen molar-refractivity contribution in [3.05, 3.63) is 11.8 Å². The van der Waals surface area contributed by atoms with Crippen molar-refractivity contribution in [3.63, 3.8) is 0 Å². The van der Waals surface area contributed by atoms with Crippen molar-refractivity contribution in [2.45, 2.75) is 70.0 Å². The molecule has 0 aliphatic carbocycles. The molecule has 0 aromatic rings. The van der Waals surface area contributed by atoms with Crippen LogP contribution < -0.4 is 5.32 Å². The number of hydrogen-bond donors (Lipinski definition) is 6. The summed E-state index contributed by atoms with van der Waals surface area (Å²) in [7, 11) is 0. The number of unbranched alkanes of at least 4 members (excludes halogenated alkanes) is 1. The van der Waals surface area contributed by atoms with E-state index in [1.807, 2.05) is 13.8 Å². The van der Waals surface area contributed by atoms with Gasteiger partial charge in [0.05, 0.1) is 12.6 Å². The zero-order valence-corrected chi connectivity index (χ0v) is 15.0. The third kappa shape index (κ3) is 5.66. The number of aliphatic carboxylic acids is 1. The van der Waals surface area contributed by atoms with Crippen LogP contribution in [-0.4, -0.2) is 74.5 Å². The highest BCUT2D eigenvalue weighted by atomic mass is 16.5. The molecule has 1 aliphatic rings. The summed E-state index contributed by atoms with van der Waals surface area (Å²) in [5.74, 6) is -2.71. The van der Waals surface area contributed by atoms with Crippen LogP contribution in [0.5, 0.6) is 0 Å². The summed E-state index contributed by atoms with van der Waals surface area (Å²) in [6.45, 7) is 3.07. The molecule has 9 nitrogen and oxygen atoms in total. The maximum Gasteiger partial charge on any atom is 0.370 e. The first kappa shape index (κ1) is 22.4. The quantitative estimate of drug-likeness (QED) is 0.288. The van der Waals surface area contributed by atoms with E-state index >= 15 is 0 Å². The van der Waals surface area contributed by atoms with E-state index in [-0.39, 0.29) is 11.8 Å². The number of rotatable bonds is 10. The van der Waals surface area contributed by atoms with Gasteiger partial charge in [-0.25, -0.2) is 4.79 Å². The maximum absolute atomic E-state index is 12.5. The van der Waals surface area contributed by atoms with Crippen LogP contribution in [-0.2, 0) is 14.3 Å². The second kappa shape index (κ2) is 10.5. The number of carboxylic acid groups (broad SMARTS) is 1. The van der Waals surface area contributed by atoms with Crippen LogP contribution in [0.3, 0.4) is 0 Å². The fourth-order valence-electron chi connectivity index (χ4n) is 2.86. The minimum atomic E-state index is -1.71. The van der Waals surface area contributed by atoms with Gasteiger partial charge in [0, 0.05) is 5.92 Å². The van der Waals surface area contributed by atoms with Gasteiger partial charge in [-0.2, -0.15) is 0 Å². The van der Waals surface area contributed by atoms with Gasteiger partial charge in [0.25, 0.3) is 0 Å². The summed E-state index contributed by atoms with van der Waals surface area (Å²) < 4.78 is 5.18. The van der Waals surface area contributed by atoms with Crippen molar-refractivity contribution in [1.29, 1.82) is 0 Å². The summed E-state index contributed by atoms with van der Waals surface area (Å²) in [6, 6.07) is -1.17. The molecule has 9 heteroatoms. The minimum Gasteiger partial charge on any atom is -0.478 e. The Morgan fingerprint density at radius 1 is 1.31 bits per heavy atom. The number of carbonyl (C=O) groups excluding carboxylic acids is 1. The van der Waals surface area contributed by atoms with Gasteiger partial charge in [-0.15, -0.1) is 0 Å². The minimum absolute atomic E-state index is 0.299. The second-order valence-corrected chi connectivity index (χ2v) is 6.43.